The van der Waals surface area contributed by atoms with Crippen molar-refractivity contribution in [1.29, 1.82) is 0 Å². The lowest BCUT2D eigenvalue weighted by Gasteiger charge is -2.28. The van der Waals surface area contributed by atoms with Gasteiger partial charge in [0, 0.05) is 19.8 Å². The van der Waals surface area contributed by atoms with Gasteiger partial charge in [-0.15, -0.1) is 0 Å². The van der Waals surface area contributed by atoms with E-state index in [1.165, 1.54) is 0 Å². The third-order valence-corrected chi connectivity index (χ3v) is 2.30. The van der Waals surface area contributed by atoms with Crippen molar-refractivity contribution >= 4 is 5.91 Å². The van der Waals surface area contributed by atoms with E-state index in [0.717, 1.165) is 0 Å². The van der Waals surface area contributed by atoms with Crippen LogP contribution in [0.3, 0.4) is 0 Å². The van der Waals surface area contributed by atoms with Crippen LogP contribution in [0.15, 0.2) is 12.3 Å². The van der Waals surface area contributed by atoms with Crippen molar-refractivity contribution < 1.29 is 4.79 Å². The normalized spacial score (nSPS) is 11.5. The Hall–Kier alpha value is -1.36. The van der Waals surface area contributed by atoms with E-state index in [9.17, 15) is 4.79 Å². The van der Waals surface area contributed by atoms with Crippen LogP contribution in [0.25, 0.3) is 0 Å². The molecule has 0 aliphatic carbocycles. The minimum absolute atomic E-state index is 0.0611. The summed E-state index contributed by atoms with van der Waals surface area (Å²) in [4.78, 5) is 13.5. The van der Waals surface area contributed by atoms with Gasteiger partial charge < -0.3 is 10.6 Å². The fourth-order valence-corrected chi connectivity index (χ4v) is 1.36. The van der Waals surface area contributed by atoms with E-state index in [4.69, 9.17) is 5.73 Å². The van der Waals surface area contributed by atoms with Crippen LogP contribution in [0.1, 0.15) is 24.3 Å². The molecule has 1 amide bonds. The fourth-order valence-electron chi connectivity index (χ4n) is 1.36. The van der Waals surface area contributed by atoms with E-state index < -0.39 is 0 Å². The highest BCUT2D eigenvalue weighted by molar-refractivity contribution is 5.91. The van der Waals surface area contributed by atoms with Crippen molar-refractivity contribution in [3.05, 3.63) is 18.0 Å². The summed E-state index contributed by atoms with van der Waals surface area (Å²) >= 11 is 0. The summed E-state index contributed by atoms with van der Waals surface area (Å²) < 4.78 is 0. The smallest absolute Gasteiger partial charge is 0.271 e. The van der Waals surface area contributed by atoms with Gasteiger partial charge in [0.2, 0.25) is 0 Å². The molecule has 0 atom stereocenters. The molecular formula is C10H18N4O. The molecule has 0 bridgehead atoms. The van der Waals surface area contributed by atoms with Gasteiger partial charge in [-0.2, -0.15) is 5.10 Å². The molecule has 0 aliphatic rings. The highest BCUT2D eigenvalue weighted by Crippen LogP contribution is 2.14. The first-order valence-corrected chi connectivity index (χ1v) is 4.91. The topological polar surface area (TPSA) is 75.0 Å². The second kappa shape index (κ2) is 4.44. The molecule has 0 aliphatic heterocycles. The molecule has 15 heavy (non-hydrogen) atoms. The van der Waals surface area contributed by atoms with Gasteiger partial charge in [-0.1, -0.05) is 13.8 Å². The molecule has 0 spiro atoms. The summed E-state index contributed by atoms with van der Waals surface area (Å²) in [5.41, 5.74) is 6.06. The Bertz CT molecular complexity index is 318. The molecule has 0 saturated heterocycles. The van der Waals surface area contributed by atoms with Crippen molar-refractivity contribution in [2.24, 2.45) is 11.1 Å². The number of amides is 1. The second-order valence-corrected chi connectivity index (χ2v) is 4.50. The van der Waals surface area contributed by atoms with E-state index in [1.54, 1.807) is 24.2 Å². The average molecular weight is 210 g/mol. The van der Waals surface area contributed by atoms with Gasteiger partial charge >= 0.3 is 0 Å². The molecule has 0 saturated carbocycles. The van der Waals surface area contributed by atoms with Crippen LogP contribution in [0.2, 0.25) is 0 Å². The lowest BCUT2D eigenvalue weighted by Crippen LogP contribution is -2.39. The van der Waals surface area contributed by atoms with Crippen LogP contribution in [-0.4, -0.2) is 41.1 Å². The average Bonchev–Trinajstić information content (AvgIpc) is 2.68. The molecule has 3 N–H and O–H groups in total. The van der Waals surface area contributed by atoms with Crippen LogP contribution in [-0.2, 0) is 0 Å². The maximum atomic E-state index is 11.8. The summed E-state index contributed by atoms with van der Waals surface area (Å²) in [6, 6.07) is 1.66. The van der Waals surface area contributed by atoms with Crippen molar-refractivity contribution in [2.75, 3.05) is 20.1 Å². The van der Waals surface area contributed by atoms with Crippen molar-refractivity contribution in [1.82, 2.24) is 15.1 Å². The largest absolute Gasteiger partial charge is 0.340 e. The third kappa shape index (κ3) is 3.06. The summed E-state index contributed by atoms with van der Waals surface area (Å²) in [7, 11) is 1.76. The lowest BCUT2D eigenvalue weighted by atomic mass is 9.93. The Balaban J connectivity index is 2.62. The predicted octanol–water partition coefficient (Wildman–Crippen LogP) is 0.467. The first-order chi connectivity index (χ1) is 6.96. The Morgan fingerprint density at radius 3 is 2.80 bits per heavy atom. The molecule has 0 radical (unpaired) electrons. The van der Waals surface area contributed by atoms with Crippen LogP contribution < -0.4 is 5.73 Å². The number of aromatic nitrogens is 2. The number of H-pyrrole nitrogens is 1. The van der Waals surface area contributed by atoms with Crippen molar-refractivity contribution in [2.45, 2.75) is 13.8 Å². The van der Waals surface area contributed by atoms with Gasteiger partial charge in [-0.3, -0.25) is 9.89 Å². The molecule has 84 valence electrons. The Kier molecular flexibility index (Phi) is 3.47. The van der Waals surface area contributed by atoms with E-state index in [2.05, 4.69) is 10.2 Å². The minimum Gasteiger partial charge on any atom is -0.340 e. The summed E-state index contributed by atoms with van der Waals surface area (Å²) in [5.74, 6) is -0.0611. The predicted molar refractivity (Wildman–Crippen MR) is 58.4 cm³/mol. The summed E-state index contributed by atoms with van der Waals surface area (Å²) in [6.07, 6.45) is 1.56. The molecule has 1 aromatic rings. The monoisotopic (exact) mass is 210 g/mol. The Labute approximate surface area is 89.6 Å². The number of hydrogen-bond donors (Lipinski definition) is 2. The van der Waals surface area contributed by atoms with E-state index in [1.807, 2.05) is 13.8 Å². The van der Waals surface area contributed by atoms with Gasteiger partial charge in [0.1, 0.15) is 5.69 Å². The second-order valence-electron chi connectivity index (χ2n) is 4.50. The number of carbonyl (C=O) groups excluding carboxylic acids is 1. The zero-order valence-electron chi connectivity index (χ0n) is 9.45. The molecular weight excluding hydrogens is 192 g/mol. The number of nitrogens with one attached hydrogen (secondary N) is 1. The molecule has 5 heteroatoms. The number of carbonyl (C=O) groups is 1. The highest BCUT2D eigenvalue weighted by atomic mass is 16.2. The standard InChI is InChI=1S/C10H18N4O/c1-10(2,6-11)7-14(3)9(15)8-4-5-12-13-8/h4-5H,6-7,11H2,1-3H3,(H,12,13). The van der Waals surface area contributed by atoms with Gasteiger partial charge in [0.25, 0.3) is 5.91 Å². The first-order valence-electron chi connectivity index (χ1n) is 4.91. The van der Waals surface area contributed by atoms with Crippen molar-refractivity contribution in [3.63, 3.8) is 0 Å². The van der Waals surface area contributed by atoms with Crippen LogP contribution in [0, 0.1) is 5.41 Å². The minimum atomic E-state index is -0.0650. The number of hydrogen-bond acceptors (Lipinski definition) is 3. The zero-order valence-corrected chi connectivity index (χ0v) is 9.45. The third-order valence-electron chi connectivity index (χ3n) is 2.30. The molecule has 0 fully saturated rings. The SMILES string of the molecule is CN(CC(C)(C)CN)C(=O)c1ccn[nH]1. The lowest BCUT2D eigenvalue weighted by molar-refractivity contribution is 0.0734. The zero-order chi connectivity index (χ0) is 11.5. The quantitative estimate of drug-likeness (QED) is 0.758. The van der Waals surface area contributed by atoms with E-state index >= 15 is 0 Å². The van der Waals surface area contributed by atoms with Crippen molar-refractivity contribution in [3.8, 4) is 0 Å². The van der Waals surface area contributed by atoms with E-state index in [-0.39, 0.29) is 11.3 Å². The van der Waals surface area contributed by atoms with Gasteiger partial charge in [-0.05, 0) is 18.0 Å². The number of aromatic amines is 1. The maximum Gasteiger partial charge on any atom is 0.271 e. The molecule has 0 unspecified atom stereocenters. The number of rotatable bonds is 4. The Morgan fingerprint density at radius 2 is 2.33 bits per heavy atom. The fraction of sp³-hybridized carbons (Fsp3) is 0.600. The molecule has 1 aromatic heterocycles. The molecule has 0 aromatic carbocycles. The van der Waals surface area contributed by atoms with Crippen LogP contribution in [0.5, 0.6) is 0 Å². The van der Waals surface area contributed by atoms with Gasteiger partial charge in [0.05, 0.1) is 0 Å². The molecule has 5 nitrogen and oxygen atoms in total. The van der Waals surface area contributed by atoms with Crippen LogP contribution in [0.4, 0.5) is 0 Å². The van der Waals surface area contributed by atoms with Crippen LogP contribution >= 0.6 is 0 Å². The summed E-state index contributed by atoms with van der Waals surface area (Å²) in [5, 5.41) is 6.39. The first kappa shape index (κ1) is 11.7. The maximum absolute atomic E-state index is 11.8. The number of nitrogens with zero attached hydrogens (tertiary/aromatic N) is 2. The summed E-state index contributed by atoms with van der Waals surface area (Å²) in [6.45, 7) is 5.24. The molecule has 1 heterocycles. The molecule has 1 rings (SSSR count). The van der Waals surface area contributed by atoms with E-state index in [0.29, 0.717) is 18.8 Å². The van der Waals surface area contributed by atoms with Gasteiger partial charge in [-0.25, -0.2) is 0 Å². The Morgan fingerprint density at radius 1 is 1.67 bits per heavy atom. The highest BCUT2D eigenvalue weighted by Gasteiger charge is 2.22. The number of nitrogens with two attached hydrogens (primary N) is 1. The van der Waals surface area contributed by atoms with Gasteiger partial charge in [0.15, 0.2) is 0 Å².